The highest BCUT2D eigenvalue weighted by molar-refractivity contribution is 6.12. The highest BCUT2D eigenvalue weighted by Crippen LogP contribution is 2.37. The van der Waals surface area contributed by atoms with Crippen LogP contribution < -0.4 is 5.32 Å². The van der Waals surface area contributed by atoms with E-state index in [-0.39, 0.29) is 0 Å². The molecule has 0 unspecified atom stereocenters. The summed E-state index contributed by atoms with van der Waals surface area (Å²) in [7, 11) is 0. The molecule has 4 aromatic rings. The predicted molar refractivity (Wildman–Crippen MR) is 112 cm³/mol. The van der Waals surface area contributed by atoms with Gasteiger partial charge in [0.25, 0.3) is 0 Å². The number of piperidine rings is 1. The Bertz CT molecular complexity index is 1000. The van der Waals surface area contributed by atoms with E-state index in [0.29, 0.717) is 5.92 Å². The summed E-state index contributed by atoms with van der Waals surface area (Å²) in [4.78, 5) is 0. The SMILES string of the molecule is c1ccc2c(-c3ccc(C4CCNCC4)cc3)c3ccccc3cc2c1. The third-order valence-corrected chi connectivity index (χ3v) is 5.78. The quantitative estimate of drug-likeness (QED) is 0.434. The van der Waals surface area contributed by atoms with Crippen LogP contribution in [0.25, 0.3) is 32.7 Å². The molecule has 1 fully saturated rings. The Morgan fingerprint density at radius 3 is 1.85 bits per heavy atom. The molecule has 1 saturated heterocycles. The summed E-state index contributed by atoms with van der Waals surface area (Å²) >= 11 is 0. The summed E-state index contributed by atoms with van der Waals surface area (Å²) in [6.07, 6.45) is 2.49. The Kier molecular flexibility index (Phi) is 3.95. The first kappa shape index (κ1) is 15.6. The summed E-state index contributed by atoms with van der Waals surface area (Å²) in [6.45, 7) is 2.28. The van der Waals surface area contributed by atoms with Gasteiger partial charge < -0.3 is 5.32 Å². The lowest BCUT2D eigenvalue weighted by atomic mass is 9.87. The Morgan fingerprint density at radius 1 is 0.654 bits per heavy atom. The van der Waals surface area contributed by atoms with E-state index in [1.165, 1.54) is 51.1 Å². The Balaban J connectivity index is 1.67. The van der Waals surface area contributed by atoms with Crippen molar-refractivity contribution < 1.29 is 0 Å². The van der Waals surface area contributed by atoms with Crippen LogP contribution in [0.3, 0.4) is 0 Å². The summed E-state index contributed by atoms with van der Waals surface area (Å²) in [6, 6.07) is 29.1. The predicted octanol–water partition coefficient (Wildman–Crippen LogP) is 6.13. The van der Waals surface area contributed by atoms with Crippen LogP contribution in [0.2, 0.25) is 0 Å². The summed E-state index contributed by atoms with van der Waals surface area (Å²) in [5, 5.41) is 8.75. The van der Waals surface area contributed by atoms with Crippen molar-refractivity contribution in [2.75, 3.05) is 13.1 Å². The van der Waals surface area contributed by atoms with E-state index in [0.717, 1.165) is 13.1 Å². The largest absolute Gasteiger partial charge is 0.317 e. The van der Waals surface area contributed by atoms with E-state index in [2.05, 4.69) is 84.2 Å². The maximum atomic E-state index is 3.46. The van der Waals surface area contributed by atoms with Crippen LogP contribution in [-0.2, 0) is 0 Å². The third-order valence-electron chi connectivity index (χ3n) is 5.78. The number of nitrogens with one attached hydrogen (secondary N) is 1. The molecule has 1 N–H and O–H groups in total. The minimum Gasteiger partial charge on any atom is -0.317 e. The van der Waals surface area contributed by atoms with Crippen LogP contribution in [0.5, 0.6) is 0 Å². The van der Waals surface area contributed by atoms with Crippen LogP contribution >= 0.6 is 0 Å². The van der Waals surface area contributed by atoms with Gasteiger partial charge in [0.2, 0.25) is 0 Å². The fourth-order valence-corrected chi connectivity index (χ4v) is 4.40. The van der Waals surface area contributed by atoms with Gasteiger partial charge in [-0.2, -0.15) is 0 Å². The zero-order chi connectivity index (χ0) is 17.3. The van der Waals surface area contributed by atoms with Gasteiger partial charge in [-0.15, -0.1) is 0 Å². The number of hydrogen-bond donors (Lipinski definition) is 1. The molecule has 1 nitrogen and oxygen atoms in total. The normalized spacial score (nSPS) is 15.5. The van der Waals surface area contributed by atoms with Gasteiger partial charge in [0.05, 0.1) is 0 Å². The highest BCUT2D eigenvalue weighted by atomic mass is 14.9. The van der Waals surface area contributed by atoms with Crippen LogP contribution in [0.15, 0.2) is 78.9 Å². The molecule has 1 aliphatic heterocycles. The number of hydrogen-bond acceptors (Lipinski definition) is 1. The Morgan fingerprint density at radius 2 is 1.23 bits per heavy atom. The van der Waals surface area contributed by atoms with Gasteiger partial charge in [-0.1, -0.05) is 72.8 Å². The molecule has 0 radical (unpaired) electrons. The van der Waals surface area contributed by atoms with Crippen LogP contribution in [-0.4, -0.2) is 13.1 Å². The van der Waals surface area contributed by atoms with E-state index in [1.807, 2.05) is 0 Å². The van der Waals surface area contributed by atoms with Crippen molar-refractivity contribution in [2.24, 2.45) is 0 Å². The van der Waals surface area contributed by atoms with Gasteiger partial charge in [0.15, 0.2) is 0 Å². The summed E-state index contributed by atoms with van der Waals surface area (Å²) in [5.74, 6) is 0.703. The van der Waals surface area contributed by atoms with Crippen LogP contribution in [0.4, 0.5) is 0 Å². The zero-order valence-corrected chi connectivity index (χ0v) is 14.9. The maximum absolute atomic E-state index is 3.46. The number of benzene rings is 4. The molecule has 0 atom stereocenters. The molecular formula is C25H23N. The topological polar surface area (TPSA) is 12.0 Å². The molecule has 1 heteroatoms. The van der Waals surface area contributed by atoms with E-state index < -0.39 is 0 Å². The molecule has 0 aliphatic carbocycles. The Hall–Kier alpha value is -2.64. The minimum atomic E-state index is 0.703. The monoisotopic (exact) mass is 337 g/mol. The van der Waals surface area contributed by atoms with Crippen molar-refractivity contribution in [1.29, 1.82) is 0 Å². The lowest BCUT2D eigenvalue weighted by Gasteiger charge is -2.23. The molecule has 1 heterocycles. The molecule has 0 saturated carbocycles. The van der Waals surface area contributed by atoms with Crippen molar-refractivity contribution in [1.82, 2.24) is 5.32 Å². The van der Waals surface area contributed by atoms with E-state index in [9.17, 15) is 0 Å². The van der Waals surface area contributed by atoms with Crippen molar-refractivity contribution in [2.45, 2.75) is 18.8 Å². The first-order valence-electron chi connectivity index (χ1n) is 9.62. The van der Waals surface area contributed by atoms with Crippen molar-refractivity contribution >= 4 is 21.5 Å². The van der Waals surface area contributed by atoms with Gasteiger partial charge in [0, 0.05) is 0 Å². The smallest absolute Gasteiger partial charge is 0.00268 e. The van der Waals surface area contributed by atoms with E-state index in [4.69, 9.17) is 0 Å². The zero-order valence-electron chi connectivity index (χ0n) is 14.9. The second-order valence-electron chi connectivity index (χ2n) is 7.34. The van der Waals surface area contributed by atoms with E-state index in [1.54, 1.807) is 0 Å². The van der Waals surface area contributed by atoms with Gasteiger partial charge in [-0.25, -0.2) is 0 Å². The second-order valence-corrected chi connectivity index (χ2v) is 7.34. The second kappa shape index (κ2) is 6.59. The summed E-state index contributed by atoms with van der Waals surface area (Å²) in [5.41, 5.74) is 4.16. The fraction of sp³-hybridized carbons (Fsp3) is 0.200. The van der Waals surface area contributed by atoms with Crippen molar-refractivity contribution in [3.63, 3.8) is 0 Å². The van der Waals surface area contributed by atoms with Gasteiger partial charge >= 0.3 is 0 Å². The molecule has 1 aliphatic rings. The third kappa shape index (κ3) is 2.69. The molecule has 0 aromatic heterocycles. The molecule has 5 rings (SSSR count). The molecule has 0 amide bonds. The average Bonchev–Trinajstić information content (AvgIpc) is 2.73. The standard InChI is InChI=1S/C25H23N/c1-3-7-23-21(5-1)17-22-6-2-4-8-24(22)25(23)20-11-9-18(10-12-20)19-13-15-26-16-14-19/h1-12,17,19,26H,13-16H2. The van der Waals surface area contributed by atoms with Crippen LogP contribution in [0, 0.1) is 0 Å². The maximum Gasteiger partial charge on any atom is -0.00268 e. The minimum absolute atomic E-state index is 0.703. The molecule has 0 bridgehead atoms. The summed E-state index contributed by atoms with van der Waals surface area (Å²) < 4.78 is 0. The van der Waals surface area contributed by atoms with Gasteiger partial charge in [-0.3, -0.25) is 0 Å². The lowest BCUT2D eigenvalue weighted by Crippen LogP contribution is -2.26. The molecular weight excluding hydrogens is 314 g/mol. The first-order chi connectivity index (χ1) is 12.9. The van der Waals surface area contributed by atoms with Crippen LogP contribution in [0.1, 0.15) is 24.3 Å². The number of rotatable bonds is 2. The Labute approximate surface area is 154 Å². The van der Waals surface area contributed by atoms with Gasteiger partial charge in [-0.05, 0) is 76.2 Å². The molecule has 128 valence electrons. The van der Waals surface area contributed by atoms with Gasteiger partial charge in [0.1, 0.15) is 0 Å². The highest BCUT2D eigenvalue weighted by Gasteiger charge is 2.15. The lowest BCUT2D eigenvalue weighted by molar-refractivity contribution is 0.460. The number of fused-ring (bicyclic) bond motifs is 2. The molecule has 0 spiro atoms. The first-order valence-corrected chi connectivity index (χ1v) is 9.62. The fourth-order valence-electron chi connectivity index (χ4n) is 4.40. The van der Waals surface area contributed by atoms with Crippen molar-refractivity contribution in [3.05, 3.63) is 84.4 Å². The molecule has 4 aromatic carbocycles. The van der Waals surface area contributed by atoms with Crippen molar-refractivity contribution in [3.8, 4) is 11.1 Å². The average molecular weight is 337 g/mol. The van der Waals surface area contributed by atoms with E-state index >= 15 is 0 Å². The molecule has 26 heavy (non-hydrogen) atoms.